The SMILES string of the molecule is CC1=C[C@H](C)[C@@H]([C@H](C)c2ccccc2)OC1. The molecule has 1 aromatic rings. The lowest BCUT2D eigenvalue weighted by atomic mass is 9.86. The van der Waals surface area contributed by atoms with E-state index in [2.05, 4.69) is 57.2 Å². The first-order chi connectivity index (χ1) is 7.68. The van der Waals surface area contributed by atoms with Crippen LogP contribution < -0.4 is 0 Å². The Kier molecular flexibility index (Phi) is 3.45. The van der Waals surface area contributed by atoms with E-state index in [9.17, 15) is 0 Å². The standard InChI is InChI=1S/C15H20O/c1-11-9-12(2)15(16-10-11)13(3)14-7-5-4-6-8-14/h4-9,12-13,15H,10H2,1-3H3/t12-,13+,15-/m0/s1. The van der Waals surface area contributed by atoms with Crippen molar-refractivity contribution in [3.05, 3.63) is 47.5 Å². The van der Waals surface area contributed by atoms with Gasteiger partial charge in [-0.3, -0.25) is 0 Å². The maximum Gasteiger partial charge on any atom is 0.0705 e. The van der Waals surface area contributed by atoms with Gasteiger partial charge in [-0.25, -0.2) is 0 Å². The van der Waals surface area contributed by atoms with E-state index in [0.29, 0.717) is 17.9 Å². The molecule has 3 atom stereocenters. The lowest BCUT2D eigenvalue weighted by Gasteiger charge is -2.32. The number of hydrogen-bond acceptors (Lipinski definition) is 1. The van der Waals surface area contributed by atoms with Crippen molar-refractivity contribution in [2.24, 2.45) is 5.92 Å². The first-order valence-corrected chi connectivity index (χ1v) is 6.02. The van der Waals surface area contributed by atoms with E-state index < -0.39 is 0 Å². The van der Waals surface area contributed by atoms with Crippen molar-refractivity contribution in [2.75, 3.05) is 6.61 Å². The molecule has 16 heavy (non-hydrogen) atoms. The molecule has 1 heteroatoms. The molecule has 0 saturated heterocycles. The van der Waals surface area contributed by atoms with E-state index in [1.54, 1.807) is 0 Å². The van der Waals surface area contributed by atoms with Crippen molar-refractivity contribution in [3.8, 4) is 0 Å². The fourth-order valence-corrected chi connectivity index (χ4v) is 2.52. The van der Waals surface area contributed by atoms with Crippen LogP contribution in [0, 0.1) is 5.92 Å². The Morgan fingerprint density at radius 3 is 2.56 bits per heavy atom. The summed E-state index contributed by atoms with van der Waals surface area (Å²) in [5, 5.41) is 0. The highest BCUT2D eigenvalue weighted by Crippen LogP contribution is 2.30. The molecular formula is C15H20O. The molecule has 1 heterocycles. The molecule has 0 amide bonds. The van der Waals surface area contributed by atoms with Gasteiger partial charge in [-0.2, -0.15) is 0 Å². The molecule has 0 radical (unpaired) electrons. The Morgan fingerprint density at radius 1 is 1.25 bits per heavy atom. The average Bonchev–Trinajstić information content (AvgIpc) is 2.29. The van der Waals surface area contributed by atoms with Crippen LogP contribution in [0.1, 0.15) is 32.3 Å². The smallest absolute Gasteiger partial charge is 0.0705 e. The molecule has 0 saturated carbocycles. The molecule has 0 aliphatic carbocycles. The van der Waals surface area contributed by atoms with Crippen molar-refractivity contribution >= 4 is 0 Å². The van der Waals surface area contributed by atoms with Crippen LogP contribution in [0.4, 0.5) is 0 Å². The van der Waals surface area contributed by atoms with Gasteiger partial charge in [0.1, 0.15) is 0 Å². The average molecular weight is 216 g/mol. The Morgan fingerprint density at radius 2 is 1.94 bits per heavy atom. The first kappa shape index (κ1) is 11.4. The molecule has 0 N–H and O–H groups in total. The zero-order valence-electron chi connectivity index (χ0n) is 10.3. The van der Waals surface area contributed by atoms with E-state index in [-0.39, 0.29) is 0 Å². The minimum absolute atomic E-state index is 0.311. The summed E-state index contributed by atoms with van der Waals surface area (Å²) in [5.74, 6) is 0.963. The maximum atomic E-state index is 5.95. The van der Waals surface area contributed by atoms with E-state index in [1.165, 1.54) is 11.1 Å². The maximum absolute atomic E-state index is 5.95. The molecule has 0 unspecified atom stereocenters. The van der Waals surface area contributed by atoms with E-state index >= 15 is 0 Å². The largest absolute Gasteiger partial charge is 0.373 e. The fraction of sp³-hybridized carbons (Fsp3) is 0.467. The quantitative estimate of drug-likeness (QED) is 0.684. The van der Waals surface area contributed by atoms with Gasteiger partial charge in [0.15, 0.2) is 0 Å². The molecule has 0 aromatic heterocycles. The van der Waals surface area contributed by atoms with Crippen molar-refractivity contribution in [1.82, 2.24) is 0 Å². The number of hydrogen-bond donors (Lipinski definition) is 0. The van der Waals surface area contributed by atoms with Crippen LogP contribution in [-0.4, -0.2) is 12.7 Å². The van der Waals surface area contributed by atoms with E-state index in [0.717, 1.165) is 6.61 Å². The molecule has 86 valence electrons. The fourth-order valence-electron chi connectivity index (χ4n) is 2.52. The molecule has 0 spiro atoms. The molecule has 1 aromatic carbocycles. The summed E-state index contributed by atoms with van der Waals surface area (Å²) in [5.41, 5.74) is 2.72. The lowest BCUT2D eigenvalue weighted by molar-refractivity contribution is 0.0171. The van der Waals surface area contributed by atoms with Gasteiger partial charge in [0.25, 0.3) is 0 Å². The number of benzene rings is 1. The van der Waals surface area contributed by atoms with Gasteiger partial charge in [-0.1, -0.05) is 55.8 Å². The first-order valence-electron chi connectivity index (χ1n) is 6.02. The monoisotopic (exact) mass is 216 g/mol. The van der Waals surface area contributed by atoms with Crippen LogP contribution in [-0.2, 0) is 4.74 Å². The van der Waals surface area contributed by atoms with Crippen molar-refractivity contribution in [3.63, 3.8) is 0 Å². The van der Waals surface area contributed by atoms with Crippen molar-refractivity contribution in [2.45, 2.75) is 32.8 Å². The van der Waals surface area contributed by atoms with Crippen LogP contribution in [0.5, 0.6) is 0 Å². The molecule has 1 aliphatic heterocycles. The third-order valence-electron chi connectivity index (χ3n) is 3.39. The highest BCUT2D eigenvalue weighted by atomic mass is 16.5. The van der Waals surface area contributed by atoms with Crippen LogP contribution in [0.25, 0.3) is 0 Å². The van der Waals surface area contributed by atoms with Gasteiger partial charge < -0.3 is 4.74 Å². The highest BCUT2D eigenvalue weighted by Gasteiger charge is 2.27. The molecule has 2 rings (SSSR count). The Bertz CT molecular complexity index is 366. The van der Waals surface area contributed by atoms with Gasteiger partial charge >= 0.3 is 0 Å². The summed E-state index contributed by atoms with van der Waals surface area (Å²) >= 11 is 0. The zero-order valence-corrected chi connectivity index (χ0v) is 10.3. The minimum atomic E-state index is 0.311. The zero-order chi connectivity index (χ0) is 11.5. The van der Waals surface area contributed by atoms with E-state index in [1.807, 2.05) is 0 Å². The second kappa shape index (κ2) is 4.84. The third kappa shape index (κ3) is 2.35. The molecule has 1 aliphatic rings. The summed E-state index contributed by atoms with van der Waals surface area (Å²) in [7, 11) is 0. The van der Waals surface area contributed by atoms with Crippen LogP contribution in [0.2, 0.25) is 0 Å². The van der Waals surface area contributed by atoms with Crippen molar-refractivity contribution < 1.29 is 4.74 Å². The predicted octanol–water partition coefficient (Wildman–Crippen LogP) is 3.77. The lowest BCUT2D eigenvalue weighted by Crippen LogP contribution is -2.30. The summed E-state index contributed by atoms with van der Waals surface area (Å²) in [6.45, 7) is 7.42. The number of rotatable bonds is 2. The minimum Gasteiger partial charge on any atom is -0.373 e. The summed E-state index contributed by atoms with van der Waals surface area (Å²) in [6, 6.07) is 10.6. The molecule has 0 bridgehead atoms. The Hall–Kier alpha value is -1.08. The Labute approximate surface area is 98.1 Å². The van der Waals surface area contributed by atoms with Gasteiger partial charge in [-0.05, 0) is 12.5 Å². The second-order valence-corrected chi connectivity index (χ2v) is 4.85. The molecule has 1 nitrogen and oxygen atoms in total. The molecule has 0 fully saturated rings. The van der Waals surface area contributed by atoms with Gasteiger partial charge in [0, 0.05) is 11.8 Å². The summed E-state index contributed by atoms with van der Waals surface area (Å²) in [6.07, 6.45) is 2.65. The summed E-state index contributed by atoms with van der Waals surface area (Å²) in [4.78, 5) is 0. The highest BCUT2D eigenvalue weighted by molar-refractivity contribution is 5.21. The van der Waals surface area contributed by atoms with Crippen LogP contribution >= 0.6 is 0 Å². The summed E-state index contributed by atoms with van der Waals surface area (Å²) < 4.78 is 5.95. The normalized spacial score (nSPS) is 27.3. The van der Waals surface area contributed by atoms with Crippen molar-refractivity contribution in [1.29, 1.82) is 0 Å². The Balaban J connectivity index is 2.14. The number of ether oxygens (including phenoxy) is 1. The van der Waals surface area contributed by atoms with Gasteiger partial charge in [0.2, 0.25) is 0 Å². The third-order valence-corrected chi connectivity index (χ3v) is 3.39. The predicted molar refractivity (Wildman–Crippen MR) is 67.5 cm³/mol. The van der Waals surface area contributed by atoms with Crippen LogP contribution in [0.15, 0.2) is 42.0 Å². The van der Waals surface area contributed by atoms with Crippen LogP contribution in [0.3, 0.4) is 0 Å². The topological polar surface area (TPSA) is 9.23 Å². The van der Waals surface area contributed by atoms with E-state index in [4.69, 9.17) is 4.74 Å². The molecular weight excluding hydrogens is 196 g/mol. The van der Waals surface area contributed by atoms with Gasteiger partial charge in [-0.15, -0.1) is 0 Å². The second-order valence-electron chi connectivity index (χ2n) is 4.85. The van der Waals surface area contributed by atoms with Gasteiger partial charge in [0.05, 0.1) is 12.7 Å².